The van der Waals surface area contributed by atoms with Crippen LogP contribution in [0.1, 0.15) is 16.7 Å². The van der Waals surface area contributed by atoms with E-state index in [4.69, 9.17) is 11.6 Å². The highest BCUT2D eigenvalue weighted by atomic mass is 35.5. The summed E-state index contributed by atoms with van der Waals surface area (Å²) in [6.45, 7) is 2.48. The number of hydrogen-bond acceptors (Lipinski definition) is 3. The van der Waals surface area contributed by atoms with Crippen molar-refractivity contribution < 1.29 is 4.92 Å². The van der Waals surface area contributed by atoms with Gasteiger partial charge in [0.15, 0.2) is 0 Å². The van der Waals surface area contributed by atoms with Gasteiger partial charge in [-0.15, -0.1) is 0 Å². The van der Waals surface area contributed by atoms with Crippen molar-refractivity contribution in [1.82, 2.24) is 4.90 Å². The Hall–Kier alpha value is -1.91. The van der Waals surface area contributed by atoms with Gasteiger partial charge in [-0.1, -0.05) is 35.9 Å². The summed E-state index contributed by atoms with van der Waals surface area (Å²) in [6.07, 6.45) is 0. The second-order valence-electron chi connectivity index (χ2n) is 4.95. The van der Waals surface area contributed by atoms with Crippen LogP contribution in [0, 0.1) is 10.1 Å². The Bertz CT molecular complexity index is 648. The van der Waals surface area contributed by atoms with Crippen LogP contribution in [0.4, 0.5) is 5.69 Å². The topological polar surface area (TPSA) is 46.4 Å². The van der Waals surface area contributed by atoms with Crippen molar-refractivity contribution in [2.45, 2.75) is 19.6 Å². The second-order valence-corrected chi connectivity index (χ2v) is 5.35. The molecular formula is C15H13ClN2O2. The molecule has 102 valence electrons. The van der Waals surface area contributed by atoms with Crippen molar-refractivity contribution in [3.63, 3.8) is 0 Å². The smallest absolute Gasteiger partial charge is 0.270 e. The summed E-state index contributed by atoms with van der Waals surface area (Å²) < 4.78 is 0. The molecule has 0 amide bonds. The molecule has 0 bridgehead atoms. The molecule has 1 aliphatic rings. The molecule has 0 saturated heterocycles. The molecule has 5 heteroatoms. The van der Waals surface area contributed by atoms with Gasteiger partial charge in [-0.05, 0) is 22.8 Å². The van der Waals surface area contributed by atoms with Gasteiger partial charge in [0.05, 0.1) is 9.95 Å². The third kappa shape index (κ3) is 2.53. The fourth-order valence-corrected chi connectivity index (χ4v) is 2.77. The van der Waals surface area contributed by atoms with Crippen LogP contribution in [0.25, 0.3) is 0 Å². The zero-order chi connectivity index (χ0) is 14.1. The predicted molar refractivity (Wildman–Crippen MR) is 77.5 cm³/mol. The minimum absolute atomic E-state index is 0.0310. The lowest BCUT2D eigenvalue weighted by atomic mass is 10.1. The molecule has 0 atom stereocenters. The number of non-ortho nitro benzene ring substituents is 1. The van der Waals surface area contributed by atoms with Gasteiger partial charge in [0.25, 0.3) is 5.69 Å². The summed E-state index contributed by atoms with van der Waals surface area (Å²) in [6, 6.07) is 13.0. The van der Waals surface area contributed by atoms with E-state index in [-0.39, 0.29) is 5.69 Å². The van der Waals surface area contributed by atoms with Crippen LogP contribution < -0.4 is 0 Å². The van der Waals surface area contributed by atoms with Gasteiger partial charge in [-0.3, -0.25) is 15.0 Å². The standard InChI is InChI=1S/C15H13ClN2O2/c16-15-7-14(18(19)20)6-5-13(15)10-17-8-11-3-1-2-4-12(11)9-17/h1-7H,8-10H2. The lowest BCUT2D eigenvalue weighted by Crippen LogP contribution is -2.15. The van der Waals surface area contributed by atoms with Crippen LogP contribution in [-0.4, -0.2) is 9.82 Å². The largest absolute Gasteiger partial charge is 0.291 e. The fraction of sp³-hybridized carbons (Fsp3) is 0.200. The van der Waals surface area contributed by atoms with Crippen molar-refractivity contribution in [1.29, 1.82) is 0 Å². The van der Waals surface area contributed by atoms with Crippen molar-refractivity contribution in [3.8, 4) is 0 Å². The third-order valence-corrected chi connectivity index (χ3v) is 3.90. The highest BCUT2D eigenvalue weighted by Gasteiger charge is 2.19. The van der Waals surface area contributed by atoms with E-state index in [1.165, 1.54) is 23.3 Å². The quantitative estimate of drug-likeness (QED) is 0.638. The zero-order valence-corrected chi connectivity index (χ0v) is 11.5. The van der Waals surface area contributed by atoms with E-state index in [2.05, 4.69) is 17.0 Å². The normalized spacial score (nSPS) is 14.2. The van der Waals surface area contributed by atoms with Gasteiger partial charge < -0.3 is 0 Å². The SMILES string of the molecule is O=[N+]([O-])c1ccc(CN2Cc3ccccc3C2)c(Cl)c1. The maximum Gasteiger partial charge on any atom is 0.270 e. The molecule has 2 aromatic carbocycles. The Balaban J connectivity index is 1.75. The van der Waals surface area contributed by atoms with E-state index >= 15 is 0 Å². The molecule has 0 radical (unpaired) electrons. The van der Waals surface area contributed by atoms with E-state index in [1.54, 1.807) is 6.07 Å². The molecule has 4 nitrogen and oxygen atoms in total. The molecule has 0 aliphatic carbocycles. The summed E-state index contributed by atoms with van der Waals surface area (Å²) in [7, 11) is 0. The van der Waals surface area contributed by atoms with E-state index < -0.39 is 4.92 Å². The fourth-order valence-electron chi connectivity index (χ4n) is 2.53. The first-order valence-electron chi connectivity index (χ1n) is 6.35. The van der Waals surface area contributed by atoms with Gasteiger partial charge in [-0.25, -0.2) is 0 Å². The van der Waals surface area contributed by atoms with Crippen molar-refractivity contribution >= 4 is 17.3 Å². The zero-order valence-electron chi connectivity index (χ0n) is 10.8. The maximum atomic E-state index is 10.7. The predicted octanol–water partition coefficient (Wildman–Crippen LogP) is 3.76. The molecule has 0 fully saturated rings. The molecule has 0 saturated carbocycles. The average Bonchev–Trinajstić information content (AvgIpc) is 2.83. The van der Waals surface area contributed by atoms with Gasteiger partial charge in [-0.2, -0.15) is 0 Å². The van der Waals surface area contributed by atoms with E-state index in [9.17, 15) is 10.1 Å². The lowest BCUT2D eigenvalue weighted by molar-refractivity contribution is -0.384. The Morgan fingerprint density at radius 1 is 1.15 bits per heavy atom. The minimum Gasteiger partial charge on any atom is -0.291 e. The first-order valence-corrected chi connectivity index (χ1v) is 6.73. The van der Waals surface area contributed by atoms with Crippen molar-refractivity contribution in [2.24, 2.45) is 0 Å². The summed E-state index contributed by atoms with van der Waals surface area (Å²) in [5.74, 6) is 0. The molecule has 0 N–H and O–H groups in total. The number of halogens is 1. The molecule has 2 aromatic rings. The van der Waals surface area contributed by atoms with Crippen LogP contribution in [-0.2, 0) is 19.6 Å². The summed E-state index contributed by atoms with van der Waals surface area (Å²) in [5.41, 5.74) is 3.63. The Kier molecular flexibility index (Phi) is 3.42. The molecule has 20 heavy (non-hydrogen) atoms. The van der Waals surface area contributed by atoms with Crippen LogP contribution in [0.15, 0.2) is 42.5 Å². The van der Waals surface area contributed by atoms with E-state index in [1.807, 2.05) is 12.1 Å². The van der Waals surface area contributed by atoms with Gasteiger partial charge in [0.1, 0.15) is 0 Å². The minimum atomic E-state index is -0.429. The summed E-state index contributed by atoms with van der Waals surface area (Å²) >= 11 is 6.13. The summed E-state index contributed by atoms with van der Waals surface area (Å²) in [4.78, 5) is 12.5. The maximum absolute atomic E-state index is 10.7. The molecule has 3 rings (SSSR count). The number of nitro groups is 1. The van der Waals surface area contributed by atoms with Gasteiger partial charge in [0, 0.05) is 31.8 Å². The molecular weight excluding hydrogens is 276 g/mol. The lowest BCUT2D eigenvalue weighted by Gasteiger charge is -2.15. The number of hydrogen-bond donors (Lipinski definition) is 0. The number of nitrogens with zero attached hydrogens (tertiary/aromatic N) is 2. The Labute approximate surface area is 121 Å². The van der Waals surface area contributed by atoms with Gasteiger partial charge >= 0.3 is 0 Å². The van der Waals surface area contributed by atoms with Crippen LogP contribution in [0.5, 0.6) is 0 Å². The molecule has 0 spiro atoms. The van der Waals surface area contributed by atoms with E-state index in [0.29, 0.717) is 11.6 Å². The summed E-state index contributed by atoms with van der Waals surface area (Å²) in [5, 5.41) is 11.1. The Morgan fingerprint density at radius 3 is 2.35 bits per heavy atom. The van der Waals surface area contributed by atoms with Gasteiger partial charge in [0.2, 0.25) is 0 Å². The highest BCUT2D eigenvalue weighted by molar-refractivity contribution is 6.31. The molecule has 0 unspecified atom stereocenters. The molecule has 1 heterocycles. The van der Waals surface area contributed by atoms with Crippen LogP contribution in [0.2, 0.25) is 5.02 Å². The first-order chi connectivity index (χ1) is 9.63. The number of benzene rings is 2. The molecule has 1 aliphatic heterocycles. The average molecular weight is 289 g/mol. The van der Waals surface area contributed by atoms with Crippen molar-refractivity contribution in [3.05, 3.63) is 74.3 Å². The van der Waals surface area contributed by atoms with Crippen LogP contribution in [0.3, 0.4) is 0 Å². The number of fused-ring (bicyclic) bond motifs is 1. The monoisotopic (exact) mass is 288 g/mol. The first kappa shape index (κ1) is 13.1. The second kappa shape index (κ2) is 5.23. The van der Waals surface area contributed by atoms with E-state index in [0.717, 1.165) is 18.7 Å². The highest BCUT2D eigenvalue weighted by Crippen LogP contribution is 2.28. The molecule has 0 aromatic heterocycles. The van der Waals surface area contributed by atoms with Crippen LogP contribution >= 0.6 is 11.6 Å². The number of nitro benzene ring substituents is 1. The van der Waals surface area contributed by atoms with Crippen molar-refractivity contribution in [2.75, 3.05) is 0 Å². The number of rotatable bonds is 3. The Morgan fingerprint density at radius 2 is 1.80 bits per heavy atom. The third-order valence-electron chi connectivity index (χ3n) is 3.55.